The van der Waals surface area contributed by atoms with Crippen LogP contribution < -0.4 is 21.3 Å². The number of halogens is 3. The van der Waals surface area contributed by atoms with Crippen LogP contribution in [0.1, 0.15) is 89.5 Å². The Balaban J connectivity index is 0.000000379. The third-order valence-electron chi connectivity index (χ3n) is 11.5. The first-order valence-corrected chi connectivity index (χ1v) is 23.4. The average Bonchev–Trinajstić information content (AvgIpc) is 3.65. The second kappa shape index (κ2) is 26.6. The Morgan fingerprint density at radius 1 is 1.04 bits per heavy atom. The molecule has 18 nitrogen and oxygen atoms in total. The molecule has 380 valence electrons. The highest BCUT2D eigenvalue weighted by molar-refractivity contribution is 6.01. The van der Waals surface area contributed by atoms with E-state index in [4.69, 9.17) is 20.7 Å². The van der Waals surface area contributed by atoms with E-state index in [1.165, 1.54) is 0 Å². The van der Waals surface area contributed by atoms with Crippen molar-refractivity contribution in [3.8, 4) is 17.3 Å². The van der Waals surface area contributed by atoms with Crippen molar-refractivity contribution >= 4 is 29.5 Å². The van der Waals surface area contributed by atoms with Gasteiger partial charge in [-0.1, -0.05) is 58.9 Å². The molecule has 0 radical (unpaired) electrons. The number of ketones is 1. The van der Waals surface area contributed by atoms with Crippen LogP contribution in [0.15, 0.2) is 72.4 Å². The zero-order valence-corrected chi connectivity index (χ0v) is 41.0. The molecule has 3 aliphatic rings. The third-order valence-corrected chi connectivity index (χ3v) is 11.5. The summed E-state index contributed by atoms with van der Waals surface area (Å²) >= 11 is 0. The van der Waals surface area contributed by atoms with Gasteiger partial charge in [-0.3, -0.25) is 19.6 Å². The van der Waals surface area contributed by atoms with E-state index in [0.717, 1.165) is 40.7 Å². The number of nitrogens with zero attached hydrogens (tertiary/aromatic N) is 9. The SMILES string of the molecule is CCc1nc(-c2cnc(N3CCN4C(=O)N(CCCNC(=O)CNCC5OCCC(O)C5O)CC4C3)nc2)ccc1C(=O)C(C)(C)C.C\C=C/C=C\C(CC)=C(/C)C#N.Nc1cncc(C(F)(F)F)n1. The van der Waals surface area contributed by atoms with Gasteiger partial charge in [-0.15, -0.1) is 0 Å². The fraction of sp³-hybridized carbons (Fsp3) is 0.531. The molecule has 3 aromatic rings. The lowest BCUT2D eigenvalue weighted by Crippen LogP contribution is -2.52. The van der Waals surface area contributed by atoms with Gasteiger partial charge in [0.15, 0.2) is 11.5 Å². The van der Waals surface area contributed by atoms with E-state index in [1.807, 2.05) is 87.8 Å². The van der Waals surface area contributed by atoms with E-state index in [0.29, 0.717) is 82.8 Å². The molecule has 0 aromatic carbocycles. The van der Waals surface area contributed by atoms with Crippen LogP contribution in [0.2, 0.25) is 0 Å². The molecule has 4 unspecified atom stereocenters. The lowest BCUT2D eigenvalue weighted by atomic mass is 9.85. The van der Waals surface area contributed by atoms with Crippen molar-refractivity contribution in [2.45, 2.75) is 105 Å². The van der Waals surface area contributed by atoms with Gasteiger partial charge in [0.05, 0.1) is 54.6 Å². The number of nitrogens with two attached hydrogens (primary N) is 1. The van der Waals surface area contributed by atoms with E-state index in [9.17, 15) is 37.8 Å². The lowest BCUT2D eigenvalue weighted by molar-refractivity contribution is -0.141. The molecule has 0 aliphatic carbocycles. The minimum Gasteiger partial charge on any atom is -0.390 e. The van der Waals surface area contributed by atoms with Crippen LogP contribution in [0.25, 0.3) is 11.3 Å². The predicted octanol–water partition coefficient (Wildman–Crippen LogP) is 5.31. The number of aromatic nitrogens is 5. The summed E-state index contributed by atoms with van der Waals surface area (Å²) in [7, 11) is 0. The molecular weight excluding hydrogens is 910 g/mol. The van der Waals surface area contributed by atoms with Gasteiger partial charge in [-0.25, -0.2) is 19.7 Å². The smallest absolute Gasteiger partial charge is 0.390 e. The minimum absolute atomic E-state index is 0.0123. The number of anilines is 2. The molecule has 6 rings (SSSR count). The van der Waals surface area contributed by atoms with Crippen molar-refractivity contribution < 1.29 is 42.5 Å². The molecule has 3 fully saturated rings. The number of nitrogens with one attached hydrogen (secondary N) is 2. The zero-order chi connectivity index (χ0) is 51.6. The van der Waals surface area contributed by atoms with Crippen molar-refractivity contribution in [2.24, 2.45) is 5.41 Å². The first-order valence-electron chi connectivity index (χ1n) is 23.4. The number of carbonyl (C=O) groups excluding carboxylic acids is 3. The summed E-state index contributed by atoms with van der Waals surface area (Å²) in [5, 5.41) is 34.2. The maximum atomic E-state index is 13.1. The number of amides is 3. The number of piperazine rings is 1. The summed E-state index contributed by atoms with van der Waals surface area (Å²) in [4.78, 5) is 64.3. The van der Waals surface area contributed by atoms with Crippen molar-refractivity contribution in [1.82, 2.24) is 45.4 Å². The number of rotatable bonds is 15. The summed E-state index contributed by atoms with van der Waals surface area (Å²) in [6.07, 6.45) is 8.84. The Bertz CT molecular complexity index is 2350. The monoisotopic (exact) mass is 977 g/mol. The van der Waals surface area contributed by atoms with Gasteiger partial charge in [-0.2, -0.15) is 18.4 Å². The quantitative estimate of drug-likeness (QED) is 0.0561. The molecule has 3 saturated heterocycles. The molecular formula is C49H67F3N12O6. The number of ether oxygens (including phenoxy) is 1. The van der Waals surface area contributed by atoms with Crippen LogP contribution in [0.3, 0.4) is 0 Å². The van der Waals surface area contributed by atoms with Crippen LogP contribution in [-0.4, -0.2) is 146 Å². The molecule has 3 amide bonds. The Labute approximate surface area is 408 Å². The highest BCUT2D eigenvalue weighted by Crippen LogP contribution is 2.28. The number of pyridine rings is 1. The van der Waals surface area contributed by atoms with Crippen molar-refractivity contribution in [2.75, 3.05) is 69.6 Å². The third kappa shape index (κ3) is 16.4. The van der Waals surface area contributed by atoms with Crippen molar-refractivity contribution in [3.63, 3.8) is 0 Å². The second-order valence-corrected chi connectivity index (χ2v) is 17.8. The summed E-state index contributed by atoms with van der Waals surface area (Å²) in [6, 6.07) is 5.89. The van der Waals surface area contributed by atoms with Crippen LogP contribution >= 0.6 is 0 Å². The van der Waals surface area contributed by atoms with Gasteiger partial charge in [-0.05, 0) is 57.2 Å². The number of Topliss-reactive ketones (excluding diaryl/α,β-unsaturated/α-hetero) is 1. The number of nitriles is 1. The number of fused-ring (bicyclic) bond motifs is 1. The number of urea groups is 1. The molecule has 0 bridgehead atoms. The average molecular weight is 977 g/mol. The van der Waals surface area contributed by atoms with Crippen LogP contribution in [-0.2, 0) is 22.1 Å². The number of aliphatic hydroxyl groups excluding tert-OH is 2. The Hall–Kier alpha value is -6.34. The van der Waals surface area contributed by atoms with Crippen molar-refractivity contribution in [1.29, 1.82) is 5.26 Å². The molecule has 21 heteroatoms. The molecule has 0 saturated carbocycles. The van der Waals surface area contributed by atoms with Gasteiger partial charge < -0.3 is 46.0 Å². The molecule has 70 heavy (non-hydrogen) atoms. The normalized spacial score (nSPS) is 19.7. The summed E-state index contributed by atoms with van der Waals surface area (Å²) < 4.78 is 40.9. The van der Waals surface area contributed by atoms with E-state index in [2.05, 4.69) is 48.5 Å². The molecule has 3 aliphatic heterocycles. The van der Waals surface area contributed by atoms with Crippen molar-refractivity contribution in [3.05, 3.63) is 89.3 Å². The standard InChI is InChI=1S/C33H48N8O6.C11H15N.C5H4F3N3/c1-5-24-23(30(45)33(2,3)4)7-8-25(38-24)21-15-36-31(37-16-21)39-12-13-41-22(19-39)20-40(32(41)46)11-6-10-35-28(43)18-34-17-27-29(44)26(42)9-14-47-27;1-4-6-7-8-11(5-2)10(3)9-12;6-5(7,8)3-1-10-2-4(9)11-3/h7-8,15-16,22,26-27,29,34,42,44H,5-6,9-14,17-20H2,1-4H3,(H,35,43);4,6-8H,5H2,1-3H3;1-2H,(H2,9,11)/b;6-4-,8-7-,11-10+;. The first kappa shape index (κ1) is 56.2. The van der Waals surface area contributed by atoms with E-state index < -0.39 is 35.6 Å². The number of hydrogen-bond acceptors (Lipinski definition) is 15. The number of alkyl halides is 3. The largest absolute Gasteiger partial charge is 0.434 e. The number of hydrogen-bond donors (Lipinski definition) is 5. The minimum atomic E-state index is -4.47. The van der Waals surface area contributed by atoms with E-state index >= 15 is 0 Å². The van der Waals surface area contributed by atoms with Gasteiger partial charge in [0, 0.05) is 86.9 Å². The summed E-state index contributed by atoms with van der Waals surface area (Å²) in [6.45, 7) is 17.7. The molecule has 6 N–H and O–H groups in total. The number of aliphatic hydroxyl groups is 2. The summed E-state index contributed by atoms with van der Waals surface area (Å²) in [5.41, 5.74) is 8.26. The molecule has 6 heterocycles. The predicted molar refractivity (Wildman–Crippen MR) is 259 cm³/mol. The lowest BCUT2D eigenvalue weighted by Gasteiger charge is -2.36. The number of aryl methyl sites for hydroxylation is 1. The van der Waals surface area contributed by atoms with Gasteiger partial charge in [0.1, 0.15) is 11.9 Å². The fourth-order valence-corrected chi connectivity index (χ4v) is 7.61. The number of carbonyl (C=O) groups is 3. The Morgan fingerprint density at radius 2 is 1.77 bits per heavy atom. The van der Waals surface area contributed by atoms with E-state index in [-0.39, 0.29) is 42.7 Å². The highest BCUT2D eigenvalue weighted by atomic mass is 19.4. The number of nitrogen functional groups attached to an aromatic ring is 1. The van der Waals surface area contributed by atoms with Crippen LogP contribution in [0, 0.1) is 16.7 Å². The fourth-order valence-electron chi connectivity index (χ4n) is 7.61. The zero-order valence-electron chi connectivity index (χ0n) is 41.0. The van der Waals surface area contributed by atoms with Gasteiger partial charge >= 0.3 is 12.2 Å². The Morgan fingerprint density at radius 3 is 2.39 bits per heavy atom. The first-order chi connectivity index (χ1) is 33.2. The molecule has 3 aromatic heterocycles. The maximum Gasteiger partial charge on any atom is 0.434 e. The maximum absolute atomic E-state index is 13.1. The second-order valence-electron chi connectivity index (χ2n) is 17.8. The van der Waals surface area contributed by atoms with Gasteiger partial charge in [0.2, 0.25) is 11.9 Å². The highest BCUT2D eigenvalue weighted by Gasteiger charge is 2.41. The van der Waals surface area contributed by atoms with Crippen LogP contribution in [0.5, 0.6) is 0 Å². The summed E-state index contributed by atoms with van der Waals surface area (Å²) in [5.74, 6) is 0.258. The molecule has 4 atom stereocenters. The Kier molecular flexibility index (Phi) is 21.4. The topological polar surface area (TPSA) is 249 Å². The van der Waals surface area contributed by atoms with Crippen LogP contribution in [0.4, 0.5) is 29.7 Å². The van der Waals surface area contributed by atoms with E-state index in [1.54, 1.807) is 12.4 Å². The molecule has 0 spiro atoms. The van der Waals surface area contributed by atoms with Gasteiger partial charge in [0.25, 0.3) is 0 Å². The number of allylic oxidation sites excluding steroid dienone is 6.